The van der Waals surface area contributed by atoms with Gasteiger partial charge in [0.15, 0.2) is 0 Å². The van der Waals surface area contributed by atoms with Crippen molar-refractivity contribution in [2.45, 2.75) is 37.6 Å². The van der Waals surface area contributed by atoms with Crippen LogP contribution in [-0.2, 0) is 9.59 Å². The molecule has 1 aromatic carbocycles. The number of carbonyl (C=O) groups is 2. The highest BCUT2D eigenvalue weighted by atomic mass is 16.2. The molecule has 2 atom stereocenters. The van der Waals surface area contributed by atoms with Crippen LogP contribution in [0.3, 0.4) is 0 Å². The normalized spacial score (nSPS) is 28.2. The predicted molar refractivity (Wildman–Crippen MR) is 76.2 cm³/mol. The molecule has 3 rings (SSSR count). The standard InChI is InChI=1S/C16H20N2O2/c19-15-9-8-14(16(20)17-15)18-10-4-7-13(11-18)12-5-2-1-3-6-12/h1-3,5-6,13-14H,4,7-11H2,(H,17,19,20)/t13?,14-/m1/s1. The number of piperidine rings is 2. The first-order chi connectivity index (χ1) is 9.74. The quantitative estimate of drug-likeness (QED) is 0.833. The number of nitrogens with zero attached hydrogens (tertiary/aromatic N) is 1. The topological polar surface area (TPSA) is 49.4 Å². The van der Waals surface area contributed by atoms with Crippen molar-refractivity contribution >= 4 is 11.8 Å². The van der Waals surface area contributed by atoms with Gasteiger partial charge in [-0.15, -0.1) is 0 Å². The van der Waals surface area contributed by atoms with Crippen molar-refractivity contribution in [2.24, 2.45) is 0 Å². The Morgan fingerprint density at radius 2 is 1.90 bits per heavy atom. The molecule has 0 bridgehead atoms. The molecule has 2 heterocycles. The smallest absolute Gasteiger partial charge is 0.243 e. The molecule has 20 heavy (non-hydrogen) atoms. The Bertz CT molecular complexity index is 500. The number of rotatable bonds is 2. The second-order valence-corrected chi connectivity index (χ2v) is 5.71. The Hall–Kier alpha value is -1.68. The van der Waals surface area contributed by atoms with Crippen molar-refractivity contribution in [3.8, 4) is 0 Å². The van der Waals surface area contributed by atoms with Gasteiger partial charge in [-0.3, -0.25) is 19.8 Å². The summed E-state index contributed by atoms with van der Waals surface area (Å²) in [5.41, 5.74) is 1.35. The van der Waals surface area contributed by atoms with E-state index in [1.165, 1.54) is 12.0 Å². The van der Waals surface area contributed by atoms with Crippen molar-refractivity contribution in [3.63, 3.8) is 0 Å². The molecule has 106 valence electrons. The summed E-state index contributed by atoms with van der Waals surface area (Å²) in [4.78, 5) is 25.5. The van der Waals surface area contributed by atoms with Crippen LogP contribution in [0.15, 0.2) is 30.3 Å². The summed E-state index contributed by atoms with van der Waals surface area (Å²) in [5.74, 6) is 0.244. The number of hydrogen-bond donors (Lipinski definition) is 1. The fraction of sp³-hybridized carbons (Fsp3) is 0.500. The minimum absolute atomic E-state index is 0.116. The van der Waals surface area contributed by atoms with Crippen LogP contribution < -0.4 is 5.32 Å². The Morgan fingerprint density at radius 1 is 1.10 bits per heavy atom. The molecule has 0 aromatic heterocycles. The summed E-state index contributed by atoms with van der Waals surface area (Å²) >= 11 is 0. The Kier molecular flexibility index (Phi) is 3.83. The van der Waals surface area contributed by atoms with E-state index in [1.807, 2.05) is 6.07 Å². The highest BCUT2D eigenvalue weighted by molar-refractivity contribution is 6.00. The number of imide groups is 1. The van der Waals surface area contributed by atoms with Crippen LogP contribution in [0.5, 0.6) is 0 Å². The Morgan fingerprint density at radius 3 is 2.65 bits per heavy atom. The van der Waals surface area contributed by atoms with E-state index in [0.29, 0.717) is 18.8 Å². The van der Waals surface area contributed by atoms with Gasteiger partial charge in [-0.25, -0.2) is 0 Å². The van der Waals surface area contributed by atoms with Crippen molar-refractivity contribution in [1.82, 2.24) is 10.2 Å². The van der Waals surface area contributed by atoms with Gasteiger partial charge in [0.05, 0.1) is 6.04 Å². The molecule has 2 aliphatic heterocycles. The highest BCUT2D eigenvalue weighted by Gasteiger charge is 2.34. The molecule has 2 amide bonds. The van der Waals surface area contributed by atoms with Gasteiger partial charge in [0.1, 0.15) is 0 Å². The first-order valence-corrected chi connectivity index (χ1v) is 7.37. The molecule has 0 radical (unpaired) electrons. The number of carbonyl (C=O) groups excluding carboxylic acids is 2. The van der Waals surface area contributed by atoms with Crippen LogP contribution in [0.4, 0.5) is 0 Å². The fourth-order valence-electron chi connectivity index (χ4n) is 3.32. The van der Waals surface area contributed by atoms with E-state index in [9.17, 15) is 9.59 Å². The maximum absolute atomic E-state index is 12.0. The van der Waals surface area contributed by atoms with E-state index >= 15 is 0 Å². The number of amides is 2. The molecule has 0 saturated carbocycles. The third kappa shape index (κ3) is 2.75. The third-order valence-corrected chi connectivity index (χ3v) is 4.37. The molecule has 1 N–H and O–H groups in total. The second-order valence-electron chi connectivity index (χ2n) is 5.71. The first-order valence-electron chi connectivity index (χ1n) is 7.37. The minimum Gasteiger partial charge on any atom is -0.295 e. The van der Waals surface area contributed by atoms with E-state index < -0.39 is 0 Å². The molecule has 2 aliphatic rings. The lowest BCUT2D eigenvalue weighted by Gasteiger charge is -2.38. The molecular formula is C16H20N2O2. The zero-order valence-electron chi connectivity index (χ0n) is 11.5. The lowest BCUT2D eigenvalue weighted by atomic mass is 9.89. The molecule has 0 spiro atoms. The van der Waals surface area contributed by atoms with Crippen LogP contribution >= 0.6 is 0 Å². The van der Waals surface area contributed by atoms with E-state index in [-0.39, 0.29) is 17.9 Å². The molecule has 4 heteroatoms. The van der Waals surface area contributed by atoms with Gasteiger partial charge >= 0.3 is 0 Å². The summed E-state index contributed by atoms with van der Waals surface area (Å²) in [5, 5.41) is 2.46. The average molecular weight is 272 g/mol. The van der Waals surface area contributed by atoms with Gasteiger partial charge in [0, 0.05) is 13.0 Å². The summed E-state index contributed by atoms with van der Waals surface area (Å²) in [6, 6.07) is 10.4. The third-order valence-electron chi connectivity index (χ3n) is 4.37. The van der Waals surface area contributed by atoms with Crippen molar-refractivity contribution in [3.05, 3.63) is 35.9 Å². The molecular weight excluding hydrogens is 252 g/mol. The van der Waals surface area contributed by atoms with E-state index in [1.54, 1.807) is 0 Å². The molecule has 1 unspecified atom stereocenters. The van der Waals surface area contributed by atoms with Crippen LogP contribution in [0.2, 0.25) is 0 Å². The largest absolute Gasteiger partial charge is 0.295 e. The number of hydrogen-bond acceptors (Lipinski definition) is 3. The molecule has 1 aromatic rings. The SMILES string of the molecule is O=C1CC[C@@H](N2CCCC(c3ccccc3)C2)C(=O)N1. The van der Waals surface area contributed by atoms with Crippen LogP contribution in [0.1, 0.15) is 37.2 Å². The summed E-state index contributed by atoms with van der Waals surface area (Å²) < 4.78 is 0. The van der Waals surface area contributed by atoms with Crippen LogP contribution in [-0.4, -0.2) is 35.8 Å². The Balaban J connectivity index is 1.69. The van der Waals surface area contributed by atoms with E-state index in [2.05, 4.69) is 34.5 Å². The molecule has 4 nitrogen and oxygen atoms in total. The van der Waals surface area contributed by atoms with Crippen molar-refractivity contribution in [1.29, 1.82) is 0 Å². The van der Waals surface area contributed by atoms with Crippen LogP contribution in [0, 0.1) is 0 Å². The van der Waals surface area contributed by atoms with Crippen LogP contribution in [0.25, 0.3) is 0 Å². The lowest BCUT2D eigenvalue weighted by molar-refractivity contribution is -0.137. The monoisotopic (exact) mass is 272 g/mol. The van der Waals surface area contributed by atoms with Gasteiger partial charge in [-0.1, -0.05) is 30.3 Å². The van der Waals surface area contributed by atoms with Gasteiger partial charge in [0.2, 0.25) is 11.8 Å². The van der Waals surface area contributed by atoms with Gasteiger partial charge < -0.3 is 0 Å². The maximum atomic E-state index is 12.0. The number of nitrogens with one attached hydrogen (secondary N) is 1. The first kappa shape index (κ1) is 13.3. The minimum atomic E-state index is -0.136. The molecule has 0 aliphatic carbocycles. The molecule has 2 fully saturated rings. The Labute approximate surface area is 119 Å². The second kappa shape index (κ2) is 5.75. The van der Waals surface area contributed by atoms with Crippen molar-refractivity contribution < 1.29 is 9.59 Å². The number of likely N-dealkylation sites (tertiary alicyclic amines) is 1. The summed E-state index contributed by atoms with van der Waals surface area (Å²) in [7, 11) is 0. The van der Waals surface area contributed by atoms with E-state index in [0.717, 1.165) is 19.5 Å². The average Bonchev–Trinajstić information content (AvgIpc) is 2.48. The predicted octanol–water partition coefficient (Wildman–Crippen LogP) is 1.67. The highest BCUT2D eigenvalue weighted by Crippen LogP contribution is 2.29. The van der Waals surface area contributed by atoms with E-state index in [4.69, 9.17) is 0 Å². The summed E-state index contributed by atoms with van der Waals surface area (Å²) in [6.45, 7) is 1.87. The fourth-order valence-corrected chi connectivity index (χ4v) is 3.32. The lowest BCUT2D eigenvalue weighted by Crippen LogP contribution is -2.54. The zero-order chi connectivity index (χ0) is 13.9. The maximum Gasteiger partial charge on any atom is 0.243 e. The number of benzene rings is 1. The van der Waals surface area contributed by atoms with Gasteiger partial charge in [-0.05, 0) is 37.3 Å². The van der Waals surface area contributed by atoms with Crippen molar-refractivity contribution in [2.75, 3.05) is 13.1 Å². The zero-order valence-corrected chi connectivity index (χ0v) is 11.5. The summed E-state index contributed by atoms with van der Waals surface area (Å²) in [6.07, 6.45) is 3.40. The van der Waals surface area contributed by atoms with Gasteiger partial charge in [-0.2, -0.15) is 0 Å². The van der Waals surface area contributed by atoms with Gasteiger partial charge in [0.25, 0.3) is 0 Å². The molecule has 2 saturated heterocycles.